The summed E-state index contributed by atoms with van der Waals surface area (Å²) in [6.07, 6.45) is 4.73. The van der Waals surface area contributed by atoms with Crippen molar-refractivity contribution >= 4 is 23.6 Å². The fourth-order valence-corrected chi connectivity index (χ4v) is 1.91. The van der Waals surface area contributed by atoms with Gasteiger partial charge in [-0.15, -0.1) is 11.6 Å². The Bertz CT molecular complexity index is 259. The maximum absolute atomic E-state index is 11.5. The minimum absolute atomic E-state index is 0.199. The lowest BCUT2D eigenvalue weighted by molar-refractivity contribution is -0.127. The Morgan fingerprint density at radius 2 is 1.89 bits per heavy atom. The number of halogens is 1. The highest BCUT2D eigenvalue weighted by atomic mass is 35.5. The molecule has 0 rings (SSSR count). The van der Waals surface area contributed by atoms with Crippen LogP contribution >= 0.6 is 11.6 Å². The Hall–Kier alpha value is -0.770. The average molecular weight is 278 g/mol. The molecule has 0 saturated carbocycles. The molecule has 0 N–H and O–H groups in total. The maximum atomic E-state index is 11.5. The van der Waals surface area contributed by atoms with E-state index in [2.05, 4.69) is 6.92 Å². The molecule has 2 amide bonds. The first-order valence-corrected chi connectivity index (χ1v) is 7.05. The molecule has 5 heteroatoms. The highest BCUT2D eigenvalue weighted by Gasteiger charge is 2.22. The molecule has 0 aliphatic rings. The quantitative estimate of drug-likeness (QED) is 0.503. The summed E-state index contributed by atoms with van der Waals surface area (Å²) in [5, 5.41) is -0.199. The number of hydrogen-bond donors (Lipinski definition) is 0. The number of ether oxygens (including phenoxy) is 1. The van der Waals surface area contributed by atoms with Gasteiger partial charge in [-0.2, -0.15) is 0 Å². The van der Waals surface area contributed by atoms with Gasteiger partial charge in [-0.05, 0) is 13.3 Å². The fraction of sp³-hybridized carbons (Fsp3) is 0.846. The molecule has 0 radical (unpaired) electrons. The van der Waals surface area contributed by atoms with Crippen molar-refractivity contribution < 1.29 is 14.3 Å². The molecule has 4 nitrogen and oxygen atoms in total. The lowest BCUT2D eigenvalue weighted by Crippen LogP contribution is -2.39. The second kappa shape index (κ2) is 10.2. The van der Waals surface area contributed by atoms with Crippen molar-refractivity contribution in [3.8, 4) is 0 Å². The number of unbranched alkanes of at least 4 members (excludes halogenated alkanes) is 3. The van der Waals surface area contributed by atoms with Crippen LogP contribution in [0.25, 0.3) is 0 Å². The molecule has 1 unspecified atom stereocenters. The minimum atomic E-state index is -0.607. The van der Waals surface area contributed by atoms with Gasteiger partial charge in [0.25, 0.3) is 0 Å². The van der Waals surface area contributed by atoms with Crippen molar-refractivity contribution in [2.24, 2.45) is 0 Å². The van der Waals surface area contributed by atoms with E-state index in [1.54, 1.807) is 6.92 Å². The number of amides is 2. The van der Waals surface area contributed by atoms with E-state index >= 15 is 0 Å². The van der Waals surface area contributed by atoms with Crippen molar-refractivity contribution in [3.05, 3.63) is 0 Å². The Kier molecular flexibility index (Phi) is 9.74. The third-order valence-electron chi connectivity index (χ3n) is 2.62. The highest BCUT2D eigenvalue weighted by Crippen LogP contribution is 2.12. The summed E-state index contributed by atoms with van der Waals surface area (Å²) < 4.78 is 4.82. The van der Waals surface area contributed by atoms with Crippen molar-refractivity contribution in [2.75, 3.05) is 13.2 Å². The first-order chi connectivity index (χ1) is 8.52. The molecular formula is C13H24ClNO3. The Balaban J connectivity index is 4.07. The molecule has 0 heterocycles. The molecular weight excluding hydrogens is 254 g/mol. The summed E-state index contributed by atoms with van der Waals surface area (Å²) in [6, 6.07) is 0. The van der Waals surface area contributed by atoms with Gasteiger partial charge in [0.15, 0.2) is 0 Å². The number of carbonyl (C=O) groups excluding carboxylic acids is 2. The summed E-state index contributed by atoms with van der Waals surface area (Å²) in [5.74, 6) is -0.326. The number of imide groups is 1. The summed E-state index contributed by atoms with van der Waals surface area (Å²) in [4.78, 5) is 23.9. The predicted molar refractivity (Wildman–Crippen MR) is 72.8 cm³/mol. The van der Waals surface area contributed by atoms with Crippen LogP contribution in [0.15, 0.2) is 0 Å². The van der Waals surface area contributed by atoms with Crippen LogP contribution in [0.5, 0.6) is 0 Å². The van der Waals surface area contributed by atoms with Crippen LogP contribution in [0.4, 0.5) is 4.79 Å². The van der Waals surface area contributed by atoms with Crippen LogP contribution in [-0.2, 0) is 9.53 Å². The first kappa shape index (κ1) is 17.2. The molecule has 0 spiro atoms. The number of nitrogens with zero attached hydrogens (tertiary/aromatic N) is 1. The van der Waals surface area contributed by atoms with E-state index in [9.17, 15) is 9.59 Å². The standard InChI is InChI=1S/C13H24ClNO3/c1-4-6-7-8-9-12(14)10-15(11(3)16)13(17)18-5-2/h12H,4-10H2,1-3H3. The van der Waals surface area contributed by atoms with Crippen molar-refractivity contribution in [3.63, 3.8) is 0 Å². The van der Waals surface area contributed by atoms with Gasteiger partial charge < -0.3 is 4.74 Å². The molecule has 0 aromatic rings. The molecule has 0 aliphatic carbocycles. The van der Waals surface area contributed by atoms with E-state index in [0.717, 1.165) is 24.2 Å². The second-order valence-corrected chi connectivity index (χ2v) is 4.89. The van der Waals surface area contributed by atoms with Crippen molar-refractivity contribution in [1.29, 1.82) is 0 Å². The average Bonchev–Trinajstić information content (AvgIpc) is 2.31. The molecule has 0 bridgehead atoms. The fourth-order valence-electron chi connectivity index (χ4n) is 1.62. The van der Waals surface area contributed by atoms with Crippen molar-refractivity contribution in [1.82, 2.24) is 4.90 Å². The lowest BCUT2D eigenvalue weighted by Gasteiger charge is -2.21. The zero-order valence-corrected chi connectivity index (χ0v) is 12.3. The molecule has 0 aromatic carbocycles. The first-order valence-electron chi connectivity index (χ1n) is 6.61. The Morgan fingerprint density at radius 3 is 2.39 bits per heavy atom. The van der Waals surface area contributed by atoms with Gasteiger partial charge in [-0.25, -0.2) is 9.69 Å². The van der Waals surface area contributed by atoms with Gasteiger partial charge >= 0.3 is 6.09 Å². The zero-order valence-electron chi connectivity index (χ0n) is 11.6. The summed E-state index contributed by atoms with van der Waals surface area (Å²) in [5.41, 5.74) is 0. The number of carbonyl (C=O) groups is 2. The van der Waals surface area contributed by atoms with Gasteiger partial charge in [0.05, 0.1) is 12.0 Å². The van der Waals surface area contributed by atoms with E-state index in [1.807, 2.05) is 0 Å². The summed E-state index contributed by atoms with van der Waals surface area (Å²) >= 11 is 6.14. The van der Waals surface area contributed by atoms with Gasteiger partial charge in [-0.1, -0.05) is 32.6 Å². The Morgan fingerprint density at radius 1 is 1.22 bits per heavy atom. The zero-order chi connectivity index (χ0) is 14.0. The largest absolute Gasteiger partial charge is 0.449 e. The minimum Gasteiger partial charge on any atom is -0.449 e. The van der Waals surface area contributed by atoms with Gasteiger partial charge in [0.1, 0.15) is 0 Å². The normalized spacial score (nSPS) is 12.0. The SMILES string of the molecule is CCCCCCC(Cl)CN(C(C)=O)C(=O)OCC. The van der Waals surface area contributed by atoms with E-state index in [1.165, 1.54) is 19.8 Å². The summed E-state index contributed by atoms with van der Waals surface area (Å²) in [7, 11) is 0. The molecule has 18 heavy (non-hydrogen) atoms. The van der Waals surface area contributed by atoms with E-state index < -0.39 is 6.09 Å². The molecule has 0 aromatic heterocycles. The van der Waals surface area contributed by atoms with Crippen LogP contribution in [0.3, 0.4) is 0 Å². The Labute approximate surface area is 115 Å². The number of hydrogen-bond acceptors (Lipinski definition) is 3. The van der Waals surface area contributed by atoms with Crippen LogP contribution < -0.4 is 0 Å². The van der Waals surface area contributed by atoms with Gasteiger partial charge in [0.2, 0.25) is 5.91 Å². The van der Waals surface area contributed by atoms with Gasteiger partial charge in [0, 0.05) is 13.5 Å². The third-order valence-corrected chi connectivity index (χ3v) is 2.98. The van der Waals surface area contributed by atoms with E-state index in [-0.39, 0.29) is 24.4 Å². The molecule has 0 aliphatic heterocycles. The number of alkyl halides is 1. The van der Waals surface area contributed by atoms with Crippen LogP contribution in [0.1, 0.15) is 52.9 Å². The smallest absolute Gasteiger partial charge is 0.416 e. The number of rotatable bonds is 8. The molecule has 0 fully saturated rings. The molecule has 0 saturated heterocycles. The predicted octanol–water partition coefficient (Wildman–Crippen LogP) is 3.57. The summed E-state index contributed by atoms with van der Waals surface area (Å²) in [6.45, 7) is 5.68. The molecule has 106 valence electrons. The van der Waals surface area contributed by atoms with E-state index in [0.29, 0.717) is 0 Å². The van der Waals surface area contributed by atoms with Crippen LogP contribution in [-0.4, -0.2) is 35.4 Å². The van der Waals surface area contributed by atoms with Crippen LogP contribution in [0.2, 0.25) is 0 Å². The van der Waals surface area contributed by atoms with Crippen LogP contribution in [0, 0.1) is 0 Å². The monoisotopic (exact) mass is 277 g/mol. The highest BCUT2D eigenvalue weighted by molar-refractivity contribution is 6.21. The van der Waals surface area contributed by atoms with Gasteiger partial charge in [-0.3, -0.25) is 4.79 Å². The maximum Gasteiger partial charge on any atom is 0.416 e. The molecule has 1 atom stereocenters. The van der Waals surface area contributed by atoms with Crippen molar-refractivity contribution in [2.45, 2.75) is 58.3 Å². The second-order valence-electron chi connectivity index (χ2n) is 4.28. The third kappa shape index (κ3) is 7.54. The topological polar surface area (TPSA) is 46.6 Å². The lowest BCUT2D eigenvalue weighted by atomic mass is 10.1. The van der Waals surface area contributed by atoms with E-state index in [4.69, 9.17) is 16.3 Å².